The van der Waals surface area contributed by atoms with Gasteiger partial charge in [-0.15, -0.1) is 0 Å². The number of alkyl halides is 2. The number of sulfonamides is 1. The lowest BCUT2D eigenvalue weighted by Gasteiger charge is -2.37. The third-order valence-electron chi connectivity index (χ3n) is 2.80. The van der Waals surface area contributed by atoms with Gasteiger partial charge in [-0.25, -0.2) is 8.42 Å². The molecule has 19 heavy (non-hydrogen) atoms. The number of hydrogen-bond donors (Lipinski definition) is 1. The second kappa shape index (κ2) is 5.22. The zero-order chi connectivity index (χ0) is 14.0. The predicted molar refractivity (Wildman–Crippen MR) is 64.2 cm³/mol. The molecule has 1 aromatic carbocycles. The molecule has 1 saturated heterocycles. The number of benzene rings is 1. The Morgan fingerprint density at radius 2 is 1.84 bits per heavy atom. The maximum Gasteiger partial charge on any atom is 0.350 e. The molecule has 2 rings (SSSR count). The molecule has 0 aliphatic carbocycles. The van der Waals surface area contributed by atoms with E-state index in [1.54, 1.807) is 30.3 Å². The minimum atomic E-state index is -4.52. The van der Waals surface area contributed by atoms with Crippen molar-refractivity contribution in [2.24, 2.45) is 0 Å². The van der Waals surface area contributed by atoms with Crippen LogP contribution < -0.4 is 5.32 Å². The Morgan fingerprint density at radius 3 is 2.37 bits per heavy atom. The van der Waals surface area contributed by atoms with E-state index < -0.39 is 21.8 Å². The van der Waals surface area contributed by atoms with Gasteiger partial charge in [0.1, 0.15) is 0 Å². The van der Waals surface area contributed by atoms with E-state index in [2.05, 4.69) is 5.32 Å². The molecule has 1 amide bonds. The SMILES string of the molecule is O=C(NC1CN(S(=O)(=O)C(F)F)C1)c1ccccc1. The number of rotatable bonds is 4. The molecule has 104 valence electrons. The van der Waals surface area contributed by atoms with Crippen LogP contribution in [0.2, 0.25) is 0 Å². The Labute approximate surface area is 109 Å². The first kappa shape index (κ1) is 13.9. The summed E-state index contributed by atoms with van der Waals surface area (Å²) in [5, 5.41) is 2.58. The number of amides is 1. The van der Waals surface area contributed by atoms with Crippen LogP contribution in [0.5, 0.6) is 0 Å². The summed E-state index contributed by atoms with van der Waals surface area (Å²) in [5.41, 5.74) is 0.442. The summed E-state index contributed by atoms with van der Waals surface area (Å²) < 4.78 is 47.3. The standard InChI is InChI=1S/C11H12F2N2O3S/c12-11(13)19(17,18)15-6-9(7-15)14-10(16)8-4-2-1-3-5-8/h1-5,9,11H,6-7H2,(H,14,16). The van der Waals surface area contributed by atoms with Gasteiger partial charge < -0.3 is 5.32 Å². The molecule has 0 radical (unpaired) electrons. The molecule has 1 aliphatic rings. The normalized spacial score (nSPS) is 17.2. The lowest BCUT2D eigenvalue weighted by Crippen LogP contribution is -2.61. The molecule has 8 heteroatoms. The summed E-state index contributed by atoms with van der Waals surface area (Å²) >= 11 is 0. The third kappa shape index (κ3) is 2.90. The number of halogens is 2. The fourth-order valence-corrected chi connectivity index (χ4v) is 2.71. The van der Waals surface area contributed by atoms with E-state index in [9.17, 15) is 22.0 Å². The maximum atomic E-state index is 12.2. The molecular weight excluding hydrogens is 278 g/mol. The van der Waals surface area contributed by atoms with Crippen molar-refractivity contribution in [2.45, 2.75) is 11.8 Å². The van der Waals surface area contributed by atoms with Crippen molar-refractivity contribution in [1.82, 2.24) is 9.62 Å². The Balaban J connectivity index is 1.88. The summed E-state index contributed by atoms with van der Waals surface area (Å²) in [6.45, 7) is -0.240. The average Bonchev–Trinajstić information content (AvgIpc) is 2.33. The van der Waals surface area contributed by atoms with Gasteiger partial charge in [0.25, 0.3) is 15.9 Å². The van der Waals surface area contributed by atoms with Gasteiger partial charge in [0.05, 0.1) is 6.04 Å². The van der Waals surface area contributed by atoms with Crippen molar-refractivity contribution < 1.29 is 22.0 Å². The minimum absolute atomic E-state index is 0.120. The number of carbonyl (C=O) groups is 1. The first-order valence-corrected chi connectivity index (χ1v) is 7.04. The molecule has 1 heterocycles. The molecule has 0 spiro atoms. The van der Waals surface area contributed by atoms with E-state index in [-0.39, 0.29) is 19.0 Å². The van der Waals surface area contributed by atoms with Crippen LogP contribution in [0, 0.1) is 0 Å². The summed E-state index contributed by atoms with van der Waals surface area (Å²) in [4.78, 5) is 11.7. The Hall–Kier alpha value is -1.54. The van der Waals surface area contributed by atoms with Gasteiger partial charge in [0, 0.05) is 18.7 Å². The van der Waals surface area contributed by atoms with Crippen molar-refractivity contribution in [3.63, 3.8) is 0 Å². The molecule has 1 aromatic rings. The van der Waals surface area contributed by atoms with Gasteiger partial charge in [-0.05, 0) is 12.1 Å². The molecule has 1 N–H and O–H groups in total. The molecule has 1 fully saturated rings. The van der Waals surface area contributed by atoms with Gasteiger partial charge in [0.2, 0.25) is 0 Å². The highest BCUT2D eigenvalue weighted by Crippen LogP contribution is 2.19. The second-order valence-corrected chi connectivity index (χ2v) is 6.06. The summed E-state index contributed by atoms with van der Waals surface area (Å²) in [6, 6.07) is 7.95. The zero-order valence-electron chi connectivity index (χ0n) is 9.79. The lowest BCUT2D eigenvalue weighted by molar-refractivity contribution is 0.0890. The van der Waals surface area contributed by atoms with E-state index in [0.717, 1.165) is 0 Å². The summed E-state index contributed by atoms with van der Waals surface area (Å²) in [5.74, 6) is -3.77. The van der Waals surface area contributed by atoms with Crippen LogP contribution >= 0.6 is 0 Å². The topological polar surface area (TPSA) is 66.5 Å². The molecule has 1 aliphatic heterocycles. The zero-order valence-corrected chi connectivity index (χ0v) is 10.6. The molecule has 0 aromatic heterocycles. The van der Waals surface area contributed by atoms with Crippen molar-refractivity contribution in [3.05, 3.63) is 35.9 Å². The molecule has 0 unspecified atom stereocenters. The van der Waals surface area contributed by atoms with Crippen LogP contribution in [-0.4, -0.2) is 43.5 Å². The fourth-order valence-electron chi connectivity index (χ4n) is 1.71. The van der Waals surface area contributed by atoms with E-state index in [1.807, 2.05) is 0 Å². The van der Waals surface area contributed by atoms with Gasteiger partial charge in [-0.3, -0.25) is 4.79 Å². The van der Waals surface area contributed by atoms with Gasteiger partial charge in [-0.1, -0.05) is 18.2 Å². The van der Waals surface area contributed by atoms with Crippen molar-refractivity contribution >= 4 is 15.9 Å². The van der Waals surface area contributed by atoms with Gasteiger partial charge in [0.15, 0.2) is 0 Å². The van der Waals surface area contributed by atoms with Gasteiger partial charge in [-0.2, -0.15) is 13.1 Å². The smallest absolute Gasteiger partial charge is 0.347 e. The monoisotopic (exact) mass is 290 g/mol. The molecule has 0 bridgehead atoms. The number of carbonyl (C=O) groups excluding carboxylic acids is 1. The van der Waals surface area contributed by atoms with E-state index in [0.29, 0.717) is 9.87 Å². The van der Waals surface area contributed by atoms with E-state index in [1.165, 1.54) is 0 Å². The highest BCUT2D eigenvalue weighted by Gasteiger charge is 2.41. The predicted octanol–water partition coefficient (Wildman–Crippen LogP) is 0.653. The van der Waals surface area contributed by atoms with Crippen LogP contribution in [0.25, 0.3) is 0 Å². The average molecular weight is 290 g/mol. The number of nitrogens with zero attached hydrogens (tertiary/aromatic N) is 1. The molecule has 0 atom stereocenters. The van der Waals surface area contributed by atoms with Crippen LogP contribution in [0.3, 0.4) is 0 Å². The van der Waals surface area contributed by atoms with Crippen molar-refractivity contribution in [1.29, 1.82) is 0 Å². The van der Waals surface area contributed by atoms with E-state index >= 15 is 0 Å². The van der Waals surface area contributed by atoms with Gasteiger partial charge >= 0.3 is 5.76 Å². The largest absolute Gasteiger partial charge is 0.350 e. The highest BCUT2D eigenvalue weighted by atomic mass is 32.2. The van der Waals surface area contributed by atoms with Crippen molar-refractivity contribution in [2.75, 3.05) is 13.1 Å². The van der Waals surface area contributed by atoms with E-state index in [4.69, 9.17) is 0 Å². The highest BCUT2D eigenvalue weighted by molar-refractivity contribution is 7.89. The van der Waals surface area contributed by atoms with Crippen LogP contribution in [-0.2, 0) is 10.0 Å². The Kier molecular flexibility index (Phi) is 3.81. The Bertz CT molecular complexity index is 557. The van der Waals surface area contributed by atoms with Crippen molar-refractivity contribution in [3.8, 4) is 0 Å². The van der Waals surface area contributed by atoms with Crippen LogP contribution in [0.1, 0.15) is 10.4 Å². The second-order valence-electron chi connectivity index (χ2n) is 4.16. The lowest BCUT2D eigenvalue weighted by atomic mass is 10.1. The minimum Gasteiger partial charge on any atom is -0.347 e. The first-order valence-electron chi connectivity index (χ1n) is 5.54. The summed E-state index contributed by atoms with van der Waals surface area (Å²) in [6.07, 6.45) is 0. The number of nitrogens with one attached hydrogen (secondary N) is 1. The maximum absolute atomic E-state index is 12.2. The molecular formula is C11H12F2N2O3S. The fraction of sp³-hybridized carbons (Fsp3) is 0.364. The van der Waals surface area contributed by atoms with Crippen LogP contribution in [0.15, 0.2) is 30.3 Å². The number of hydrogen-bond acceptors (Lipinski definition) is 3. The third-order valence-corrected chi connectivity index (χ3v) is 4.27. The van der Waals surface area contributed by atoms with Crippen LogP contribution in [0.4, 0.5) is 8.78 Å². The molecule has 0 saturated carbocycles. The Morgan fingerprint density at radius 1 is 1.26 bits per heavy atom. The summed E-state index contributed by atoms with van der Waals surface area (Å²) in [7, 11) is -4.52. The molecule has 5 nitrogen and oxygen atoms in total. The quantitative estimate of drug-likeness (QED) is 0.885. The first-order chi connectivity index (χ1) is 8.91.